The van der Waals surface area contributed by atoms with Crippen molar-refractivity contribution >= 4 is 5.69 Å². The zero-order valence-corrected chi connectivity index (χ0v) is 6.36. The smallest absolute Gasteiger partial charge is 0.160 e. The SMILES string of the molecule is Nc1cnc(-c2cc[nH]c2)nc1. The minimum atomic E-state index is 0.578. The third kappa shape index (κ3) is 1.14. The van der Waals surface area contributed by atoms with E-state index in [0.29, 0.717) is 11.5 Å². The summed E-state index contributed by atoms with van der Waals surface area (Å²) in [5.41, 5.74) is 6.99. The molecule has 2 heterocycles. The van der Waals surface area contributed by atoms with Crippen molar-refractivity contribution in [2.45, 2.75) is 0 Å². The van der Waals surface area contributed by atoms with Gasteiger partial charge in [0, 0.05) is 18.0 Å². The molecule has 0 fully saturated rings. The predicted molar refractivity (Wildman–Crippen MR) is 46.2 cm³/mol. The van der Waals surface area contributed by atoms with Gasteiger partial charge >= 0.3 is 0 Å². The van der Waals surface area contributed by atoms with Crippen LogP contribution in [0.3, 0.4) is 0 Å². The summed E-state index contributed by atoms with van der Waals surface area (Å²) in [4.78, 5) is 11.1. The average molecular weight is 160 g/mol. The number of anilines is 1. The summed E-state index contributed by atoms with van der Waals surface area (Å²) in [5.74, 6) is 0.686. The maximum absolute atomic E-state index is 5.45. The first-order chi connectivity index (χ1) is 5.86. The molecular formula is C8H8N4. The Labute approximate surface area is 69.5 Å². The van der Waals surface area contributed by atoms with Crippen molar-refractivity contribution in [3.05, 3.63) is 30.9 Å². The molecule has 2 aromatic heterocycles. The zero-order chi connectivity index (χ0) is 8.39. The topological polar surface area (TPSA) is 67.6 Å². The van der Waals surface area contributed by atoms with Gasteiger partial charge in [0.15, 0.2) is 5.82 Å². The highest BCUT2D eigenvalue weighted by Crippen LogP contribution is 2.12. The van der Waals surface area contributed by atoms with Gasteiger partial charge in [0.25, 0.3) is 0 Å². The molecular weight excluding hydrogens is 152 g/mol. The average Bonchev–Trinajstić information content (AvgIpc) is 2.58. The fraction of sp³-hybridized carbons (Fsp3) is 0. The molecule has 0 bridgehead atoms. The Kier molecular flexibility index (Phi) is 1.51. The quantitative estimate of drug-likeness (QED) is 0.655. The number of aromatic amines is 1. The van der Waals surface area contributed by atoms with E-state index in [0.717, 1.165) is 5.56 Å². The van der Waals surface area contributed by atoms with Gasteiger partial charge in [0.2, 0.25) is 0 Å². The minimum absolute atomic E-state index is 0.578. The molecule has 0 aliphatic rings. The first-order valence-corrected chi connectivity index (χ1v) is 3.57. The van der Waals surface area contributed by atoms with Crippen molar-refractivity contribution in [3.63, 3.8) is 0 Å². The normalized spacial score (nSPS) is 10.0. The molecule has 0 aliphatic carbocycles. The second kappa shape index (κ2) is 2.65. The summed E-state index contributed by atoms with van der Waals surface area (Å²) < 4.78 is 0. The lowest BCUT2D eigenvalue weighted by Gasteiger charge is -1.94. The first kappa shape index (κ1) is 6.84. The zero-order valence-electron chi connectivity index (χ0n) is 6.36. The van der Waals surface area contributed by atoms with Crippen molar-refractivity contribution < 1.29 is 0 Å². The van der Waals surface area contributed by atoms with Crippen LogP contribution in [-0.2, 0) is 0 Å². The lowest BCUT2D eigenvalue weighted by molar-refractivity contribution is 1.18. The lowest BCUT2D eigenvalue weighted by atomic mass is 10.3. The fourth-order valence-corrected chi connectivity index (χ4v) is 0.950. The van der Waals surface area contributed by atoms with Crippen LogP contribution in [-0.4, -0.2) is 15.0 Å². The molecule has 0 saturated heterocycles. The maximum Gasteiger partial charge on any atom is 0.160 e. The molecule has 0 atom stereocenters. The molecule has 0 aromatic carbocycles. The molecule has 4 heteroatoms. The predicted octanol–water partition coefficient (Wildman–Crippen LogP) is 1.05. The van der Waals surface area contributed by atoms with E-state index < -0.39 is 0 Å². The van der Waals surface area contributed by atoms with E-state index in [1.165, 1.54) is 0 Å². The Morgan fingerprint density at radius 2 is 2.00 bits per heavy atom. The Bertz CT molecular complexity index is 349. The Balaban J connectivity index is 2.43. The van der Waals surface area contributed by atoms with Gasteiger partial charge < -0.3 is 10.7 Å². The Morgan fingerprint density at radius 1 is 1.25 bits per heavy atom. The Hall–Kier alpha value is -1.84. The number of nitrogen functional groups attached to an aromatic ring is 1. The van der Waals surface area contributed by atoms with Gasteiger partial charge in [0.05, 0.1) is 18.1 Å². The number of aromatic nitrogens is 3. The van der Waals surface area contributed by atoms with Crippen LogP contribution in [0, 0.1) is 0 Å². The van der Waals surface area contributed by atoms with E-state index in [2.05, 4.69) is 15.0 Å². The Morgan fingerprint density at radius 3 is 2.58 bits per heavy atom. The monoisotopic (exact) mass is 160 g/mol. The molecule has 0 spiro atoms. The van der Waals surface area contributed by atoms with Crippen molar-refractivity contribution in [1.29, 1.82) is 0 Å². The van der Waals surface area contributed by atoms with E-state index in [-0.39, 0.29) is 0 Å². The van der Waals surface area contributed by atoms with Crippen LogP contribution in [0.4, 0.5) is 5.69 Å². The van der Waals surface area contributed by atoms with Gasteiger partial charge in [-0.2, -0.15) is 0 Å². The molecule has 3 N–H and O–H groups in total. The van der Waals surface area contributed by atoms with E-state index in [4.69, 9.17) is 5.73 Å². The minimum Gasteiger partial charge on any atom is -0.396 e. The first-order valence-electron chi connectivity index (χ1n) is 3.57. The second-order valence-corrected chi connectivity index (χ2v) is 2.44. The molecule has 12 heavy (non-hydrogen) atoms. The molecule has 2 aromatic rings. The highest BCUT2D eigenvalue weighted by atomic mass is 14.9. The van der Waals surface area contributed by atoms with Gasteiger partial charge in [-0.15, -0.1) is 0 Å². The number of nitrogens with zero attached hydrogens (tertiary/aromatic N) is 2. The van der Waals surface area contributed by atoms with Crippen LogP contribution in [0.1, 0.15) is 0 Å². The van der Waals surface area contributed by atoms with Gasteiger partial charge in [-0.05, 0) is 6.07 Å². The molecule has 0 radical (unpaired) electrons. The van der Waals surface area contributed by atoms with Crippen LogP contribution in [0.25, 0.3) is 11.4 Å². The van der Waals surface area contributed by atoms with Gasteiger partial charge in [-0.25, -0.2) is 9.97 Å². The largest absolute Gasteiger partial charge is 0.396 e. The van der Waals surface area contributed by atoms with Crippen molar-refractivity contribution in [2.24, 2.45) is 0 Å². The molecule has 2 rings (SSSR count). The van der Waals surface area contributed by atoms with Crippen LogP contribution in [0.15, 0.2) is 30.9 Å². The maximum atomic E-state index is 5.45. The third-order valence-corrected chi connectivity index (χ3v) is 1.53. The summed E-state index contributed by atoms with van der Waals surface area (Å²) in [6.07, 6.45) is 6.85. The van der Waals surface area contributed by atoms with Crippen molar-refractivity contribution in [3.8, 4) is 11.4 Å². The molecule has 0 saturated carbocycles. The van der Waals surface area contributed by atoms with Gasteiger partial charge in [0.1, 0.15) is 0 Å². The summed E-state index contributed by atoms with van der Waals surface area (Å²) in [6, 6.07) is 1.91. The van der Waals surface area contributed by atoms with Crippen molar-refractivity contribution in [2.75, 3.05) is 5.73 Å². The number of hydrogen-bond acceptors (Lipinski definition) is 3. The molecule has 0 unspecified atom stereocenters. The number of hydrogen-bond donors (Lipinski definition) is 2. The lowest BCUT2D eigenvalue weighted by Crippen LogP contribution is -1.90. The highest BCUT2D eigenvalue weighted by molar-refractivity contribution is 5.54. The number of nitrogens with one attached hydrogen (secondary N) is 1. The number of H-pyrrole nitrogens is 1. The molecule has 0 aliphatic heterocycles. The molecule has 60 valence electrons. The molecule has 4 nitrogen and oxygen atoms in total. The summed E-state index contributed by atoms with van der Waals surface area (Å²) in [6.45, 7) is 0. The highest BCUT2D eigenvalue weighted by Gasteiger charge is 1.98. The van der Waals surface area contributed by atoms with E-state index in [9.17, 15) is 0 Å². The number of nitrogens with two attached hydrogens (primary N) is 1. The summed E-state index contributed by atoms with van der Waals surface area (Å²) in [5, 5.41) is 0. The van der Waals surface area contributed by atoms with Crippen LogP contribution in [0.2, 0.25) is 0 Å². The van der Waals surface area contributed by atoms with Crippen LogP contribution < -0.4 is 5.73 Å². The van der Waals surface area contributed by atoms with E-state index in [1.807, 2.05) is 18.5 Å². The fourth-order valence-electron chi connectivity index (χ4n) is 0.950. The van der Waals surface area contributed by atoms with Gasteiger partial charge in [-0.1, -0.05) is 0 Å². The van der Waals surface area contributed by atoms with Gasteiger partial charge in [-0.3, -0.25) is 0 Å². The van der Waals surface area contributed by atoms with Crippen LogP contribution in [0.5, 0.6) is 0 Å². The van der Waals surface area contributed by atoms with E-state index >= 15 is 0 Å². The van der Waals surface area contributed by atoms with Crippen molar-refractivity contribution in [1.82, 2.24) is 15.0 Å². The number of rotatable bonds is 1. The summed E-state index contributed by atoms with van der Waals surface area (Å²) in [7, 11) is 0. The molecule has 0 amide bonds. The summed E-state index contributed by atoms with van der Waals surface area (Å²) >= 11 is 0. The standard InChI is InChI=1S/C8H8N4/c9-7-4-11-8(12-5-7)6-1-2-10-3-6/h1-5,10H,9H2. The third-order valence-electron chi connectivity index (χ3n) is 1.53. The second-order valence-electron chi connectivity index (χ2n) is 2.44. The van der Waals surface area contributed by atoms with E-state index in [1.54, 1.807) is 12.4 Å². The van der Waals surface area contributed by atoms with Crippen LogP contribution >= 0.6 is 0 Å².